The number of methoxy groups -OCH3 is 1. The van der Waals surface area contributed by atoms with Gasteiger partial charge in [-0.2, -0.15) is 0 Å². The molecule has 0 aliphatic heterocycles. The van der Waals surface area contributed by atoms with Gasteiger partial charge in [0.2, 0.25) is 5.91 Å². The van der Waals surface area contributed by atoms with Gasteiger partial charge in [0.15, 0.2) is 6.61 Å². The first-order chi connectivity index (χ1) is 16.3. The molecule has 2 aromatic carbocycles. The first kappa shape index (κ1) is 24.8. The van der Waals surface area contributed by atoms with E-state index >= 15 is 0 Å². The number of carbonyl (C=O) groups is 4. The summed E-state index contributed by atoms with van der Waals surface area (Å²) < 4.78 is 10.5. The average molecular weight is 468 g/mol. The minimum Gasteiger partial charge on any atom is -0.495 e. The minimum atomic E-state index is -1.07. The van der Waals surface area contributed by atoms with Crippen molar-refractivity contribution < 1.29 is 28.7 Å². The van der Waals surface area contributed by atoms with Crippen molar-refractivity contribution in [3.05, 3.63) is 54.1 Å². The Labute approximate surface area is 198 Å². The third-order valence-corrected chi connectivity index (χ3v) is 5.63. The van der Waals surface area contributed by atoms with Crippen LogP contribution in [0.4, 0.5) is 11.4 Å². The van der Waals surface area contributed by atoms with E-state index in [4.69, 9.17) is 9.47 Å². The molecular weight excluding hydrogens is 438 g/mol. The Balaban J connectivity index is 1.53. The van der Waals surface area contributed by atoms with Crippen LogP contribution >= 0.6 is 0 Å². The first-order valence-electron chi connectivity index (χ1n) is 11.1. The maximum absolute atomic E-state index is 12.7. The van der Waals surface area contributed by atoms with Gasteiger partial charge in [-0.1, -0.05) is 31.4 Å². The zero-order chi connectivity index (χ0) is 24.6. The van der Waals surface area contributed by atoms with E-state index in [1.807, 2.05) is 0 Å². The summed E-state index contributed by atoms with van der Waals surface area (Å²) in [5.41, 5.74) is 0.319. The predicted molar refractivity (Wildman–Crippen MR) is 127 cm³/mol. The van der Waals surface area contributed by atoms with Crippen molar-refractivity contribution in [2.45, 2.75) is 44.6 Å². The quantitative estimate of drug-likeness (QED) is 0.512. The number of para-hydroxylation sites is 2. The van der Waals surface area contributed by atoms with Gasteiger partial charge in [-0.3, -0.25) is 14.4 Å². The molecule has 0 atom stereocenters. The number of amides is 3. The van der Waals surface area contributed by atoms with E-state index < -0.39 is 24.0 Å². The Kier molecular flexibility index (Phi) is 8.24. The van der Waals surface area contributed by atoms with Crippen molar-refractivity contribution in [2.24, 2.45) is 0 Å². The van der Waals surface area contributed by atoms with Crippen molar-refractivity contribution >= 4 is 35.1 Å². The molecule has 0 spiro atoms. The van der Waals surface area contributed by atoms with E-state index in [0.29, 0.717) is 35.5 Å². The number of hydrogen-bond donors (Lipinski definition) is 3. The molecule has 1 aliphatic rings. The number of nitrogens with one attached hydrogen (secondary N) is 3. The lowest BCUT2D eigenvalue weighted by Gasteiger charge is -2.35. The molecule has 0 saturated heterocycles. The van der Waals surface area contributed by atoms with Crippen molar-refractivity contribution in [1.82, 2.24) is 5.32 Å². The molecule has 1 saturated carbocycles. The molecule has 9 nitrogen and oxygen atoms in total. The smallest absolute Gasteiger partial charge is 0.332 e. The highest BCUT2D eigenvalue weighted by Gasteiger charge is 2.42. The molecular formula is C25H29N3O6. The number of rotatable bonds is 8. The second-order valence-corrected chi connectivity index (χ2v) is 8.18. The van der Waals surface area contributed by atoms with Crippen LogP contribution in [0.1, 0.15) is 49.4 Å². The zero-order valence-corrected chi connectivity index (χ0v) is 19.3. The lowest BCUT2D eigenvalue weighted by Crippen LogP contribution is -2.56. The maximum Gasteiger partial charge on any atom is 0.332 e. The molecule has 0 unspecified atom stereocenters. The fourth-order valence-electron chi connectivity index (χ4n) is 3.99. The first-order valence-corrected chi connectivity index (χ1v) is 11.1. The van der Waals surface area contributed by atoms with Crippen LogP contribution in [-0.4, -0.2) is 42.9 Å². The molecule has 3 N–H and O–H groups in total. The van der Waals surface area contributed by atoms with Crippen LogP contribution in [0.15, 0.2) is 48.5 Å². The molecule has 3 rings (SSSR count). The van der Waals surface area contributed by atoms with Crippen LogP contribution in [0.3, 0.4) is 0 Å². The van der Waals surface area contributed by atoms with Gasteiger partial charge in [0, 0.05) is 18.2 Å². The Morgan fingerprint density at radius 1 is 0.912 bits per heavy atom. The highest BCUT2D eigenvalue weighted by molar-refractivity contribution is 6.05. The lowest BCUT2D eigenvalue weighted by atomic mass is 9.81. The van der Waals surface area contributed by atoms with Gasteiger partial charge in [0.05, 0.1) is 12.8 Å². The highest BCUT2D eigenvalue weighted by Crippen LogP contribution is 2.29. The standard InChI is InChI=1S/C25H29N3O6/c1-17(29)28-25(14-6-3-7-15-25)24(32)34-16-22(30)26-19-12-10-18(11-13-19)23(31)27-20-8-4-5-9-21(20)33-2/h4-5,8-13H,3,6-7,14-16H2,1-2H3,(H,26,30)(H,27,31)(H,28,29). The van der Waals surface area contributed by atoms with Crippen molar-refractivity contribution in [1.29, 1.82) is 0 Å². The summed E-state index contributed by atoms with van der Waals surface area (Å²) in [7, 11) is 1.52. The van der Waals surface area contributed by atoms with E-state index in [1.165, 1.54) is 14.0 Å². The Morgan fingerprint density at radius 2 is 1.59 bits per heavy atom. The van der Waals surface area contributed by atoms with E-state index in [1.54, 1.807) is 48.5 Å². The maximum atomic E-state index is 12.7. The minimum absolute atomic E-state index is 0.307. The summed E-state index contributed by atoms with van der Waals surface area (Å²) in [6.07, 6.45) is 3.58. The molecule has 34 heavy (non-hydrogen) atoms. The number of esters is 1. The summed E-state index contributed by atoms with van der Waals surface area (Å²) in [6, 6.07) is 13.4. The van der Waals surface area contributed by atoms with Crippen molar-refractivity contribution in [2.75, 3.05) is 24.4 Å². The van der Waals surface area contributed by atoms with Crippen LogP contribution in [0.2, 0.25) is 0 Å². The third-order valence-electron chi connectivity index (χ3n) is 5.63. The molecule has 180 valence electrons. The van der Waals surface area contributed by atoms with E-state index in [-0.39, 0.29) is 11.8 Å². The fraction of sp³-hybridized carbons (Fsp3) is 0.360. The Morgan fingerprint density at radius 3 is 2.24 bits per heavy atom. The summed E-state index contributed by atoms with van der Waals surface area (Å²) in [4.78, 5) is 49.0. The average Bonchev–Trinajstić information content (AvgIpc) is 2.83. The Hall–Kier alpha value is -3.88. The van der Waals surface area contributed by atoms with Crippen LogP contribution in [0.25, 0.3) is 0 Å². The second-order valence-electron chi connectivity index (χ2n) is 8.18. The van der Waals surface area contributed by atoms with E-state index in [9.17, 15) is 19.2 Å². The molecule has 2 aromatic rings. The van der Waals surface area contributed by atoms with Crippen LogP contribution in [-0.2, 0) is 19.1 Å². The number of ether oxygens (including phenoxy) is 2. The molecule has 1 fully saturated rings. The van der Waals surface area contributed by atoms with Crippen LogP contribution in [0.5, 0.6) is 5.75 Å². The number of benzene rings is 2. The van der Waals surface area contributed by atoms with Gasteiger partial charge in [-0.25, -0.2) is 4.79 Å². The number of carbonyl (C=O) groups excluding carboxylic acids is 4. The SMILES string of the molecule is COc1ccccc1NC(=O)c1ccc(NC(=O)COC(=O)C2(NC(C)=O)CCCCC2)cc1. The van der Waals surface area contributed by atoms with Crippen LogP contribution in [0, 0.1) is 0 Å². The fourth-order valence-corrected chi connectivity index (χ4v) is 3.99. The molecule has 0 radical (unpaired) electrons. The Bertz CT molecular complexity index is 1040. The summed E-state index contributed by atoms with van der Waals surface area (Å²) in [5, 5.41) is 8.13. The van der Waals surface area contributed by atoms with Gasteiger partial charge in [0.25, 0.3) is 11.8 Å². The van der Waals surface area contributed by atoms with E-state index in [0.717, 1.165) is 19.3 Å². The number of anilines is 2. The molecule has 1 aliphatic carbocycles. The van der Waals surface area contributed by atoms with Gasteiger partial charge in [-0.15, -0.1) is 0 Å². The number of hydrogen-bond acceptors (Lipinski definition) is 6. The molecule has 0 heterocycles. The summed E-state index contributed by atoms with van der Waals surface area (Å²) in [5.74, 6) is -1.21. The van der Waals surface area contributed by atoms with E-state index in [2.05, 4.69) is 16.0 Å². The molecule has 3 amide bonds. The van der Waals surface area contributed by atoms with Crippen LogP contribution < -0.4 is 20.7 Å². The molecule has 0 bridgehead atoms. The van der Waals surface area contributed by atoms with Crippen molar-refractivity contribution in [3.8, 4) is 5.75 Å². The largest absolute Gasteiger partial charge is 0.495 e. The highest BCUT2D eigenvalue weighted by atomic mass is 16.5. The normalized spacial score (nSPS) is 14.4. The monoisotopic (exact) mass is 467 g/mol. The molecule has 0 aromatic heterocycles. The second kappa shape index (κ2) is 11.3. The topological polar surface area (TPSA) is 123 Å². The summed E-state index contributed by atoms with van der Waals surface area (Å²) in [6.45, 7) is 0.882. The third kappa shape index (κ3) is 6.34. The van der Waals surface area contributed by atoms with Gasteiger partial charge >= 0.3 is 5.97 Å². The summed E-state index contributed by atoms with van der Waals surface area (Å²) >= 11 is 0. The molecule has 9 heteroatoms. The lowest BCUT2D eigenvalue weighted by molar-refractivity contribution is -0.157. The zero-order valence-electron chi connectivity index (χ0n) is 19.3. The van der Waals surface area contributed by atoms with Gasteiger partial charge < -0.3 is 25.4 Å². The predicted octanol–water partition coefficient (Wildman–Crippen LogP) is 3.27. The van der Waals surface area contributed by atoms with Gasteiger partial charge in [-0.05, 0) is 49.2 Å². The van der Waals surface area contributed by atoms with Crippen molar-refractivity contribution in [3.63, 3.8) is 0 Å². The van der Waals surface area contributed by atoms with Gasteiger partial charge in [0.1, 0.15) is 11.3 Å².